The van der Waals surface area contributed by atoms with Crippen LogP contribution in [0.3, 0.4) is 0 Å². The van der Waals surface area contributed by atoms with E-state index in [0.29, 0.717) is 16.3 Å². The molecule has 0 radical (unpaired) electrons. The highest BCUT2D eigenvalue weighted by Gasteiger charge is 2.06. The summed E-state index contributed by atoms with van der Waals surface area (Å²) >= 11 is 6.23. The Kier molecular flexibility index (Phi) is 5.10. The highest BCUT2D eigenvalue weighted by molar-refractivity contribution is 6.32. The molecule has 0 saturated heterocycles. The smallest absolute Gasteiger partial charge is 0.267 e. The fraction of sp³-hybridized carbons (Fsp3) is 0.150. The second-order valence-corrected chi connectivity index (χ2v) is 6.12. The van der Waals surface area contributed by atoms with Crippen molar-refractivity contribution in [3.8, 4) is 0 Å². The fourth-order valence-corrected chi connectivity index (χ4v) is 2.74. The van der Waals surface area contributed by atoms with Crippen LogP contribution < -0.4 is 5.43 Å². The molecule has 1 aromatic heterocycles. The van der Waals surface area contributed by atoms with Crippen molar-refractivity contribution in [1.29, 1.82) is 0 Å². The first-order valence-electron chi connectivity index (χ1n) is 8.06. The Labute approximate surface area is 151 Å². The molecule has 0 aliphatic carbocycles. The van der Waals surface area contributed by atoms with Crippen molar-refractivity contribution in [2.24, 2.45) is 5.10 Å². The molecule has 5 heteroatoms. The van der Waals surface area contributed by atoms with Gasteiger partial charge in [0.05, 0.1) is 11.7 Å². The normalized spacial score (nSPS) is 11.2. The van der Waals surface area contributed by atoms with Gasteiger partial charge in [0, 0.05) is 16.5 Å². The van der Waals surface area contributed by atoms with Crippen molar-refractivity contribution < 1.29 is 4.79 Å². The minimum atomic E-state index is -0.264. The number of benzene rings is 2. The zero-order chi connectivity index (χ0) is 17.8. The van der Waals surface area contributed by atoms with E-state index in [2.05, 4.69) is 22.4 Å². The summed E-state index contributed by atoms with van der Waals surface area (Å²) in [5.74, 6) is -0.264. The third-order valence-electron chi connectivity index (χ3n) is 4.02. The zero-order valence-electron chi connectivity index (χ0n) is 14.1. The summed E-state index contributed by atoms with van der Waals surface area (Å²) in [6, 6.07) is 15.3. The Morgan fingerprint density at radius 1 is 1.24 bits per heavy atom. The number of para-hydroxylation sites is 1. The van der Waals surface area contributed by atoms with E-state index in [1.54, 1.807) is 12.1 Å². The maximum atomic E-state index is 12.1. The molecule has 1 heterocycles. The summed E-state index contributed by atoms with van der Waals surface area (Å²) < 4.78 is 0. The molecular formula is C20H18ClN3O. The van der Waals surface area contributed by atoms with Crippen molar-refractivity contribution in [2.75, 3.05) is 0 Å². The molecule has 1 amide bonds. The van der Waals surface area contributed by atoms with Gasteiger partial charge in [-0.3, -0.25) is 4.79 Å². The molecule has 0 aliphatic heterocycles. The number of aryl methyl sites for hydroxylation is 2. The van der Waals surface area contributed by atoms with E-state index in [1.165, 1.54) is 11.8 Å². The van der Waals surface area contributed by atoms with Crippen molar-refractivity contribution >= 4 is 34.6 Å². The van der Waals surface area contributed by atoms with Gasteiger partial charge in [-0.2, -0.15) is 5.10 Å². The molecule has 0 bridgehead atoms. The molecule has 3 rings (SSSR count). The van der Waals surface area contributed by atoms with Crippen LogP contribution in [0.4, 0.5) is 0 Å². The van der Waals surface area contributed by atoms with Gasteiger partial charge in [-0.15, -0.1) is 0 Å². The Morgan fingerprint density at radius 2 is 2.00 bits per heavy atom. The fourth-order valence-electron chi connectivity index (χ4n) is 2.55. The van der Waals surface area contributed by atoms with E-state index in [1.807, 2.05) is 43.3 Å². The monoisotopic (exact) mass is 351 g/mol. The summed E-state index contributed by atoms with van der Waals surface area (Å²) in [6.45, 7) is 4.06. The van der Waals surface area contributed by atoms with Crippen LogP contribution in [-0.4, -0.2) is 17.1 Å². The highest BCUT2D eigenvalue weighted by Crippen LogP contribution is 2.21. The standard InChI is InChI=1S/C20H18ClN3O/c1-3-14-7-9-15(10-8-14)20(25)24-22-12-17-11-16-6-4-5-13(2)18(16)23-19(17)21/h4-12H,3H2,1-2H3,(H,24,25)/b22-12-. The second kappa shape index (κ2) is 7.45. The summed E-state index contributed by atoms with van der Waals surface area (Å²) in [4.78, 5) is 16.5. The molecular weight excluding hydrogens is 334 g/mol. The average Bonchev–Trinajstić information content (AvgIpc) is 2.63. The molecule has 2 aromatic carbocycles. The van der Waals surface area contributed by atoms with Gasteiger partial charge in [-0.1, -0.05) is 48.9 Å². The summed E-state index contributed by atoms with van der Waals surface area (Å²) in [5, 5.41) is 5.33. The predicted octanol–water partition coefficient (Wildman–Crippen LogP) is 4.52. The van der Waals surface area contributed by atoms with Crippen molar-refractivity contribution in [3.05, 3.63) is 75.9 Å². The van der Waals surface area contributed by atoms with Gasteiger partial charge in [-0.05, 0) is 42.7 Å². The molecule has 3 aromatic rings. The number of nitrogens with one attached hydrogen (secondary N) is 1. The van der Waals surface area contributed by atoms with Crippen LogP contribution in [0.25, 0.3) is 10.9 Å². The number of hydrogen-bond acceptors (Lipinski definition) is 3. The van der Waals surface area contributed by atoms with E-state index in [4.69, 9.17) is 11.6 Å². The van der Waals surface area contributed by atoms with Crippen LogP contribution in [0, 0.1) is 6.92 Å². The number of halogens is 1. The van der Waals surface area contributed by atoms with Gasteiger partial charge < -0.3 is 0 Å². The summed E-state index contributed by atoms with van der Waals surface area (Å²) in [6.07, 6.45) is 2.45. The molecule has 0 spiro atoms. The lowest BCUT2D eigenvalue weighted by Crippen LogP contribution is -2.17. The second-order valence-electron chi connectivity index (χ2n) is 5.76. The third kappa shape index (κ3) is 3.86. The first-order valence-corrected chi connectivity index (χ1v) is 8.44. The number of aromatic nitrogens is 1. The molecule has 0 saturated carbocycles. The van der Waals surface area contributed by atoms with Crippen molar-refractivity contribution in [1.82, 2.24) is 10.4 Å². The van der Waals surface area contributed by atoms with E-state index in [0.717, 1.165) is 22.9 Å². The average molecular weight is 352 g/mol. The van der Waals surface area contributed by atoms with Crippen LogP contribution in [0.1, 0.15) is 34.0 Å². The molecule has 0 unspecified atom stereocenters. The lowest BCUT2D eigenvalue weighted by molar-refractivity contribution is 0.0955. The Hall–Kier alpha value is -2.72. The first-order chi connectivity index (χ1) is 12.1. The zero-order valence-corrected chi connectivity index (χ0v) is 14.8. The number of hydrogen-bond donors (Lipinski definition) is 1. The largest absolute Gasteiger partial charge is 0.271 e. The van der Waals surface area contributed by atoms with E-state index < -0.39 is 0 Å². The van der Waals surface area contributed by atoms with Crippen LogP contribution in [0.2, 0.25) is 5.15 Å². The van der Waals surface area contributed by atoms with Crippen molar-refractivity contribution in [3.63, 3.8) is 0 Å². The number of nitrogens with zero attached hydrogens (tertiary/aromatic N) is 2. The molecule has 0 atom stereocenters. The lowest BCUT2D eigenvalue weighted by Gasteiger charge is -2.05. The topological polar surface area (TPSA) is 54.4 Å². The molecule has 0 aliphatic rings. The maximum absolute atomic E-state index is 12.1. The van der Waals surface area contributed by atoms with Gasteiger partial charge in [0.25, 0.3) is 5.91 Å². The van der Waals surface area contributed by atoms with Gasteiger partial charge in [0.15, 0.2) is 0 Å². The van der Waals surface area contributed by atoms with Gasteiger partial charge in [-0.25, -0.2) is 10.4 Å². The molecule has 4 nitrogen and oxygen atoms in total. The number of pyridine rings is 1. The van der Waals surface area contributed by atoms with Gasteiger partial charge in [0.2, 0.25) is 0 Å². The lowest BCUT2D eigenvalue weighted by atomic mass is 10.1. The number of amides is 1. The molecule has 1 N–H and O–H groups in total. The van der Waals surface area contributed by atoms with E-state index in [9.17, 15) is 4.79 Å². The van der Waals surface area contributed by atoms with Crippen LogP contribution in [0.5, 0.6) is 0 Å². The minimum Gasteiger partial charge on any atom is -0.267 e. The highest BCUT2D eigenvalue weighted by atomic mass is 35.5. The van der Waals surface area contributed by atoms with Crippen LogP contribution >= 0.6 is 11.6 Å². The minimum absolute atomic E-state index is 0.264. The predicted molar refractivity (Wildman–Crippen MR) is 102 cm³/mol. The third-order valence-corrected chi connectivity index (χ3v) is 4.32. The first kappa shape index (κ1) is 17.1. The summed E-state index contributed by atoms with van der Waals surface area (Å²) in [5.41, 5.74) is 6.84. The van der Waals surface area contributed by atoms with Gasteiger partial charge in [0.1, 0.15) is 5.15 Å². The Morgan fingerprint density at radius 3 is 2.72 bits per heavy atom. The number of hydrazone groups is 1. The van der Waals surface area contributed by atoms with E-state index in [-0.39, 0.29) is 5.91 Å². The SMILES string of the molecule is CCc1ccc(C(=O)N/N=C\c2cc3cccc(C)c3nc2Cl)cc1. The van der Waals surface area contributed by atoms with Gasteiger partial charge >= 0.3 is 0 Å². The van der Waals surface area contributed by atoms with Crippen LogP contribution in [-0.2, 0) is 6.42 Å². The Bertz CT molecular complexity index is 949. The number of carbonyl (C=O) groups is 1. The quantitative estimate of drug-likeness (QED) is 0.426. The van der Waals surface area contributed by atoms with E-state index >= 15 is 0 Å². The number of rotatable bonds is 4. The number of carbonyl (C=O) groups excluding carboxylic acids is 1. The van der Waals surface area contributed by atoms with Crippen LogP contribution in [0.15, 0.2) is 53.6 Å². The Balaban J connectivity index is 1.76. The van der Waals surface area contributed by atoms with Crippen molar-refractivity contribution in [2.45, 2.75) is 20.3 Å². The molecule has 25 heavy (non-hydrogen) atoms. The molecule has 126 valence electrons. The summed E-state index contributed by atoms with van der Waals surface area (Å²) in [7, 11) is 0. The maximum Gasteiger partial charge on any atom is 0.271 e. The molecule has 0 fully saturated rings. The number of fused-ring (bicyclic) bond motifs is 1.